The second-order valence-corrected chi connectivity index (χ2v) is 5.59. The van der Waals surface area contributed by atoms with Crippen LogP contribution in [-0.2, 0) is 0 Å². The van der Waals surface area contributed by atoms with Crippen LogP contribution in [0.2, 0.25) is 0 Å². The molecule has 3 nitrogen and oxygen atoms in total. The molecule has 2 N–H and O–H groups in total. The van der Waals surface area contributed by atoms with Crippen molar-refractivity contribution in [2.45, 2.75) is 32.2 Å². The number of halogens is 4. The first-order valence-corrected chi connectivity index (χ1v) is 6.38. The van der Waals surface area contributed by atoms with Crippen molar-refractivity contribution in [1.82, 2.24) is 0 Å². The fraction of sp³-hybridized carbons (Fsp3) is 0.500. The first-order valence-electron chi connectivity index (χ1n) is 5.58. The normalized spacial score (nSPS) is 12.4. The lowest BCUT2D eigenvalue weighted by molar-refractivity contribution is -0.274. The third-order valence-corrected chi connectivity index (χ3v) is 2.71. The Morgan fingerprint density at radius 1 is 1.32 bits per heavy atom. The van der Waals surface area contributed by atoms with Crippen LogP contribution in [0.5, 0.6) is 5.75 Å². The van der Waals surface area contributed by atoms with Gasteiger partial charge in [0.2, 0.25) is 0 Å². The Morgan fingerprint density at radius 2 is 1.95 bits per heavy atom. The molecule has 0 aliphatic rings. The number of hydrogen-bond acceptors (Lipinski definition) is 3. The van der Waals surface area contributed by atoms with E-state index in [1.807, 2.05) is 0 Å². The SMILES string of the molecule is CC(C)(O)CCNc1ccc(Br)cc1OC(F)(F)F. The summed E-state index contributed by atoms with van der Waals surface area (Å²) < 4.78 is 41.2. The van der Waals surface area contributed by atoms with Crippen LogP contribution in [0, 0.1) is 0 Å². The van der Waals surface area contributed by atoms with Gasteiger partial charge in [-0.05, 0) is 38.5 Å². The van der Waals surface area contributed by atoms with Crippen LogP contribution in [0.15, 0.2) is 22.7 Å². The highest BCUT2D eigenvalue weighted by Gasteiger charge is 2.32. The molecule has 0 saturated heterocycles. The highest BCUT2D eigenvalue weighted by atomic mass is 79.9. The Morgan fingerprint density at radius 3 is 2.47 bits per heavy atom. The smallest absolute Gasteiger partial charge is 0.404 e. The Kier molecular flexibility index (Phi) is 5.09. The van der Waals surface area contributed by atoms with Gasteiger partial charge in [0.1, 0.15) is 0 Å². The van der Waals surface area contributed by atoms with Crippen molar-refractivity contribution in [3.05, 3.63) is 22.7 Å². The minimum Gasteiger partial charge on any atom is -0.404 e. The molecule has 19 heavy (non-hydrogen) atoms. The van der Waals surface area contributed by atoms with Gasteiger partial charge in [-0.1, -0.05) is 15.9 Å². The lowest BCUT2D eigenvalue weighted by atomic mass is 10.1. The van der Waals surface area contributed by atoms with Gasteiger partial charge in [0.15, 0.2) is 5.75 Å². The molecule has 0 saturated carbocycles. The molecule has 0 aliphatic heterocycles. The molecule has 0 unspecified atom stereocenters. The molecule has 0 atom stereocenters. The van der Waals surface area contributed by atoms with E-state index in [1.54, 1.807) is 19.9 Å². The topological polar surface area (TPSA) is 41.5 Å². The summed E-state index contributed by atoms with van der Waals surface area (Å²) in [7, 11) is 0. The molecule has 1 aromatic carbocycles. The Bertz CT molecular complexity index is 430. The van der Waals surface area contributed by atoms with Gasteiger partial charge in [-0.2, -0.15) is 0 Å². The molecule has 7 heteroatoms. The predicted molar refractivity (Wildman–Crippen MR) is 70.2 cm³/mol. The zero-order chi connectivity index (χ0) is 14.7. The van der Waals surface area contributed by atoms with Gasteiger partial charge in [-0.3, -0.25) is 0 Å². The van der Waals surface area contributed by atoms with Gasteiger partial charge in [0.25, 0.3) is 0 Å². The number of benzene rings is 1. The minimum absolute atomic E-state index is 0.227. The molecule has 0 spiro atoms. The first kappa shape index (κ1) is 16.1. The molecule has 0 heterocycles. The van der Waals surface area contributed by atoms with Gasteiger partial charge in [0.05, 0.1) is 11.3 Å². The van der Waals surface area contributed by atoms with Crippen LogP contribution in [0.4, 0.5) is 18.9 Å². The minimum atomic E-state index is -4.74. The van der Waals surface area contributed by atoms with Crippen LogP contribution >= 0.6 is 15.9 Å². The summed E-state index contributed by atoms with van der Waals surface area (Å²) in [6.45, 7) is 3.59. The molecular weight excluding hydrogens is 327 g/mol. The fourth-order valence-electron chi connectivity index (χ4n) is 1.35. The Hall–Kier alpha value is -0.950. The summed E-state index contributed by atoms with van der Waals surface area (Å²) >= 11 is 3.09. The highest BCUT2D eigenvalue weighted by Crippen LogP contribution is 2.33. The predicted octanol–water partition coefficient (Wildman–Crippen LogP) is 3.92. The number of ether oxygens (including phenoxy) is 1. The lowest BCUT2D eigenvalue weighted by Gasteiger charge is -2.19. The van der Waals surface area contributed by atoms with Gasteiger partial charge >= 0.3 is 6.36 Å². The molecule has 1 rings (SSSR count). The second kappa shape index (κ2) is 6.00. The Labute approximate surface area is 117 Å². The number of alkyl halides is 3. The van der Waals surface area contributed by atoms with Gasteiger partial charge in [0, 0.05) is 11.0 Å². The van der Waals surface area contributed by atoms with Crippen molar-refractivity contribution in [3.63, 3.8) is 0 Å². The van der Waals surface area contributed by atoms with Crippen LogP contribution in [-0.4, -0.2) is 23.6 Å². The number of nitrogens with one attached hydrogen (secondary N) is 1. The van der Waals surface area contributed by atoms with Crippen LogP contribution in [0.25, 0.3) is 0 Å². The second-order valence-electron chi connectivity index (χ2n) is 4.68. The van der Waals surface area contributed by atoms with Crippen LogP contribution in [0.1, 0.15) is 20.3 Å². The largest absolute Gasteiger partial charge is 0.573 e. The van der Waals surface area contributed by atoms with Crippen LogP contribution in [0.3, 0.4) is 0 Å². The molecule has 0 radical (unpaired) electrons. The molecule has 0 aromatic heterocycles. The van der Waals surface area contributed by atoms with Crippen molar-refractivity contribution >= 4 is 21.6 Å². The van der Waals surface area contributed by atoms with E-state index < -0.39 is 12.0 Å². The van der Waals surface area contributed by atoms with Gasteiger partial charge in [-0.15, -0.1) is 13.2 Å². The zero-order valence-electron chi connectivity index (χ0n) is 10.5. The summed E-state index contributed by atoms with van der Waals surface area (Å²) in [5.74, 6) is -0.308. The monoisotopic (exact) mass is 341 g/mol. The molecule has 1 aromatic rings. The summed E-state index contributed by atoms with van der Waals surface area (Å²) in [5, 5.41) is 12.4. The molecule has 108 valence electrons. The van der Waals surface area contributed by atoms with Crippen molar-refractivity contribution in [1.29, 1.82) is 0 Å². The lowest BCUT2D eigenvalue weighted by Crippen LogP contribution is -2.23. The van der Waals surface area contributed by atoms with E-state index in [4.69, 9.17) is 0 Å². The average Bonchev–Trinajstić information content (AvgIpc) is 2.17. The summed E-state index contributed by atoms with van der Waals surface area (Å²) in [4.78, 5) is 0. The summed E-state index contributed by atoms with van der Waals surface area (Å²) in [6, 6.07) is 4.32. The van der Waals surface area contributed by atoms with E-state index in [1.165, 1.54) is 12.1 Å². The van der Waals surface area contributed by atoms with Crippen LogP contribution < -0.4 is 10.1 Å². The maximum absolute atomic E-state index is 12.3. The van der Waals surface area contributed by atoms with E-state index in [0.29, 0.717) is 17.4 Å². The maximum Gasteiger partial charge on any atom is 0.573 e. The van der Waals surface area contributed by atoms with Gasteiger partial charge < -0.3 is 15.2 Å². The van der Waals surface area contributed by atoms with E-state index >= 15 is 0 Å². The summed E-state index contributed by atoms with van der Waals surface area (Å²) in [5.41, 5.74) is -0.655. The van der Waals surface area contributed by atoms with Crippen molar-refractivity contribution < 1.29 is 23.0 Å². The first-order chi connectivity index (χ1) is 8.57. The molecule has 0 amide bonds. The highest BCUT2D eigenvalue weighted by molar-refractivity contribution is 9.10. The van der Waals surface area contributed by atoms with Crippen molar-refractivity contribution in [2.75, 3.05) is 11.9 Å². The van der Waals surface area contributed by atoms with E-state index in [2.05, 4.69) is 26.0 Å². The molecule has 0 aliphatic carbocycles. The van der Waals surface area contributed by atoms with E-state index in [9.17, 15) is 18.3 Å². The zero-order valence-corrected chi connectivity index (χ0v) is 12.1. The number of rotatable bonds is 5. The van der Waals surface area contributed by atoms with E-state index in [0.717, 1.165) is 0 Å². The molecule has 0 bridgehead atoms. The quantitative estimate of drug-likeness (QED) is 0.852. The van der Waals surface area contributed by atoms with Gasteiger partial charge in [-0.25, -0.2) is 0 Å². The number of anilines is 1. The number of hydrogen-bond donors (Lipinski definition) is 2. The standard InChI is InChI=1S/C12H15BrF3NO2/c1-11(2,18)5-6-17-9-4-3-8(13)7-10(9)19-12(14,15)16/h3-4,7,17-18H,5-6H2,1-2H3. The average molecular weight is 342 g/mol. The molecular formula is C12H15BrF3NO2. The maximum atomic E-state index is 12.3. The third-order valence-electron chi connectivity index (χ3n) is 2.22. The fourth-order valence-corrected chi connectivity index (χ4v) is 1.69. The number of aliphatic hydroxyl groups is 1. The van der Waals surface area contributed by atoms with Crippen molar-refractivity contribution in [2.24, 2.45) is 0 Å². The van der Waals surface area contributed by atoms with E-state index in [-0.39, 0.29) is 11.4 Å². The van der Waals surface area contributed by atoms with Crippen molar-refractivity contribution in [3.8, 4) is 5.75 Å². The molecule has 0 fully saturated rings. The third kappa shape index (κ3) is 6.68. The Balaban J connectivity index is 2.77. The summed E-state index contributed by atoms with van der Waals surface area (Å²) in [6.07, 6.45) is -4.35.